The smallest absolute Gasteiger partial charge is 0.329 e. The molecule has 8 heteroatoms. The number of nitrogens with zero attached hydrogens (tertiary/aromatic N) is 1. The van der Waals surface area contributed by atoms with Crippen LogP contribution in [0.4, 0.5) is 10.5 Å². The number of carbonyl (C=O) groups excluding carboxylic acids is 3. The van der Waals surface area contributed by atoms with Crippen LogP contribution >= 0.6 is 11.3 Å². The molecule has 1 saturated heterocycles. The van der Waals surface area contributed by atoms with Crippen LogP contribution in [0, 0.1) is 0 Å². The third-order valence-corrected chi connectivity index (χ3v) is 5.67. The van der Waals surface area contributed by atoms with Gasteiger partial charge in [0.25, 0.3) is 5.91 Å². The fraction of sp³-hybridized carbons (Fsp3) is 0.0870. The minimum Gasteiger partial charge on any atom is -0.497 e. The van der Waals surface area contributed by atoms with E-state index in [0.29, 0.717) is 5.69 Å². The van der Waals surface area contributed by atoms with Crippen molar-refractivity contribution in [1.29, 1.82) is 0 Å². The van der Waals surface area contributed by atoms with Crippen LogP contribution in [0.25, 0.3) is 16.5 Å². The third-order valence-electron chi connectivity index (χ3n) is 4.59. The quantitative estimate of drug-likeness (QED) is 0.455. The Balaban J connectivity index is 1.46. The Labute approximate surface area is 183 Å². The third kappa shape index (κ3) is 4.65. The van der Waals surface area contributed by atoms with E-state index in [1.54, 1.807) is 37.5 Å². The average molecular weight is 433 g/mol. The molecule has 0 radical (unpaired) electrons. The van der Waals surface area contributed by atoms with Gasteiger partial charge in [-0.05, 0) is 48.0 Å². The normalized spacial score (nSPS) is 14.6. The van der Waals surface area contributed by atoms with Crippen molar-refractivity contribution in [3.63, 3.8) is 0 Å². The molecule has 4 rings (SSSR count). The number of imide groups is 1. The molecule has 2 heterocycles. The summed E-state index contributed by atoms with van der Waals surface area (Å²) in [6.45, 7) is -0.365. The number of benzene rings is 2. The number of ether oxygens (including phenoxy) is 1. The van der Waals surface area contributed by atoms with Gasteiger partial charge in [-0.1, -0.05) is 30.3 Å². The lowest BCUT2D eigenvalue weighted by Crippen LogP contribution is -2.38. The summed E-state index contributed by atoms with van der Waals surface area (Å²) in [7, 11) is 1.61. The predicted octanol–water partition coefficient (Wildman–Crippen LogP) is 3.96. The molecule has 7 nitrogen and oxygen atoms in total. The number of rotatable bonds is 6. The van der Waals surface area contributed by atoms with Crippen LogP contribution in [0.3, 0.4) is 0 Å². The molecule has 1 fully saturated rings. The lowest BCUT2D eigenvalue weighted by molar-refractivity contribution is -0.127. The fourth-order valence-corrected chi connectivity index (χ4v) is 4.03. The first-order chi connectivity index (χ1) is 15.0. The van der Waals surface area contributed by atoms with Crippen LogP contribution in [0.1, 0.15) is 4.88 Å². The molecular formula is C23H19N3O4S. The number of thiophene rings is 1. The molecule has 2 N–H and O–H groups in total. The standard InChI is InChI=1S/C23H19N3O4S/c1-30-17-9-5-6-15(12-17)20-11-10-18(31-20)13-19-22(28)26(23(29)25-19)14-21(27)24-16-7-3-2-4-8-16/h2-13H,14H2,1H3,(H,24,27)(H,25,29). The van der Waals surface area contributed by atoms with E-state index >= 15 is 0 Å². The van der Waals surface area contributed by atoms with Crippen LogP contribution in [-0.4, -0.2) is 36.4 Å². The van der Waals surface area contributed by atoms with E-state index in [2.05, 4.69) is 10.6 Å². The number of carbonyl (C=O) groups is 3. The Morgan fingerprint density at radius 2 is 1.90 bits per heavy atom. The number of amides is 4. The monoisotopic (exact) mass is 433 g/mol. The zero-order chi connectivity index (χ0) is 21.8. The highest BCUT2D eigenvalue weighted by Gasteiger charge is 2.35. The maximum atomic E-state index is 12.7. The van der Waals surface area contributed by atoms with E-state index in [-0.39, 0.29) is 12.2 Å². The first kappa shape index (κ1) is 20.4. The molecular weight excluding hydrogens is 414 g/mol. The van der Waals surface area contributed by atoms with Crippen LogP contribution in [-0.2, 0) is 9.59 Å². The first-order valence-corrected chi connectivity index (χ1v) is 10.3. The second kappa shape index (κ2) is 8.85. The average Bonchev–Trinajstić information content (AvgIpc) is 3.35. The minimum atomic E-state index is -0.621. The molecule has 2 aromatic carbocycles. The second-order valence-electron chi connectivity index (χ2n) is 6.73. The maximum Gasteiger partial charge on any atom is 0.329 e. The number of urea groups is 1. The van der Waals surface area contributed by atoms with Gasteiger partial charge in [0.2, 0.25) is 5.91 Å². The number of nitrogens with one attached hydrogen (secondary N) is 2. The molecule has 4 amide bonds. The summed E-state index contributed by atoms with van der Waals surface area (Å²) in [5.41, 5.74) is 1.73. The molecule has 0 atom stereocenters. The summed E-state index contributed by atoms with van der Waals surface area (Å²) in [6.07, 6.45) is 1.61. The van der Waals surface area contributed by atoms with Crippen molar-refractivity contribution in [1.82, 2.24) is 10.2 Å². The summed E-state index contributed by atoms with van der Waals surface area (Å²) in [5, 5.41) is 5.21. The maximum absolute atomic E-state index is 12.7. The number of methoxy groups -OCH3 is 1. The summed E-state index contributed by atoms with van der Waals surface area (Å²) >= 11 is 1.48. The van der Waals surface area contributed by atoms with Gasteiger partial charge in [-0.3, -0.25) is 9.59 Å². The molecule has 3 aromatic rings. The lowest BCUT2D eigenvalue weighted by Gasteiger charge is -2.11. The van der Waals surface area contributed by atoms with Gasteiger partial charge in [0, 0.05) is 15.4 Å². The van der Waals surface area contributed by atoms with E-state index in [1.165, 1.54) is 11.3 Å². The molecule has 1 aromatic heterocycles. The molecule has 156 valence electrons. The number of hydrogen-bond acceptors (Lipinski definition) is 5. The number of hydrogen-bond donors (Lipinski definition) is 2. The van der Waals surface area contributed by atoms with Crippen molar-refractivity contribution in [3.8, 4) is 16.2 Å². The highest BCUT2D eigenvalue weighted by Crippen LogP contribution is 2.31. The Bertz CT molecular complexity index is 1170. The van der Waals surface area contributed by atoms with Gasteiger partial charge >= 0.3 is 6.03 Å². The largest absolute Gasteiger partial charge is 0.497 e. The fourth-order valence-electron chi connectivity index (χ4n) is 3.08. The summed E-state index contributed by atoms with van der Waals surface area (Å²) in [6, 6.07) is 19.7. The van der Waals surface area contributed by atoms with Crippen molar-refractivity contribution in [2.24, 2.45) is 0 Å². The summed E-state index contributed by atoms with van der Waals surface area (Å²) in [4.78, 5) is 39.8. The lowest BCUT2D eigenvalue weighted by atomic mass is 10.2. The van der Waals surface area contributed by atoms with Crippen LogP contribution in [0.15, 0.2) is 72.4 Å². The van der Waals surface area contributed by atoms with Crippen molar-refractivity contribution in [2.75, 3.05) is 19.0 Å². The van der Waals surface area contributed by atoms with Gasteiger partial charge < -0.3 is 15.4 Å². The SMILES string of the molecule is COc1cccc(-c2ccc(C=C3NC(=O)N(CC(=O)Nc4ccccc4)C3=O)s2)c1. The van der Waals surface area contributed by atoms with E-state index in [0.717, 1.165) is 26.0 Å². The van der Waals surface area contributed by atoms with Crippen molar-refractivity contribution in [3.05, 3.63) is 77.3 Å². The molecule has 0 saturated carbocycles. The predicted molar refractivity (Wildman–Crippen MR) is 120 cm³/mol. The minimum absolute atomic E-state index is 0.136. The molecule has 31 heavy (non-hydrogen) atoms. The summed E-state index contributed by atoms with van der Waals surface area (Å²) in [5.74, 6) is -0.231. The highest BCUT2D eigenvalue weighted by molar-refractivity contribution is 7.16. The topological polar surface area (TPSA) is 87.7 Å². The Kier molecular flexibility index (Phi) is 5.81. The second-order valence-corrected chi connectivity index (χ2v) is 7.84. The first-order valence-electron chi connectivity index (χ1n) is 9.47. The molecule has 1 aliphatic heterocycles. The molecule has 1 aliphatic rings. The van der Waals surface area contributed by atoms with Gasteiger partial charge in [-0.25, -0.2) is 9.69 Å². The van der Waals surface area contributed by atoms with Crippen LogP contribution in [0.5, 0.6) is 5.75 Å². The van der Waals surface area contributed by atoms with Gasteiger partial charge in [-0.2, -0.15) is 0 Å². The Hall–Kier alpha value is -3.91. The van der Waals surface area contributed by atoms with Gasteiger partial charge in [0.15, 0.2) is 0 Å². The Morgan fingerprint density at radius 1 is 1.10 bits per heavy atom. The van der Waals surface area contributed by atoms with Crippen LogP contribution < -0.4 is 15.4 Å². The molecule has 0 unspecified atom stereocenters. The van der Waals surface area contributed by atoms with Crippen LogP contribution in [0.2, 0.25) is 0 Å². The zero-order valence-electron chi connectivity index (χ0n) is 16.6. The van der Waals surface area contributed by atoms with E-state index in [4.69, 9.17) is 4.74 Å². The van der Waals surface area contributed by atoms with Gasteiger partial charge in [-0.15, -0.1) is 11.3 Å². The summed E-state index contributed by atoms with van der Waals surface area (Å²) < 4.78 is 5.26. The molecule has 0 spiro atoms. The van der Waals surface area contributed by atoms with Gasteiger partial charge in [0.05, 0.1) is 7.11 Å². The van der Waals surface area contributed by atoms with Crippen molar-refractivity contribution < 1.29 is 19.1 Å². The highest BCUT2D eigenvalue weighted by atomic mass is 32.1. The number of para-hydroxylation sites is 1. The molecule has 0 aliphatic carbocycles. The van der Waals surface area contributed by atoms with Crippen molar-refractivity contribution >= 4 is 40.9 Å². The zero-order valence-corrected chi connectivity index (χ0v) is 17.4. The van der Waals surface area contributed by atoms with Gasteiger partial charge in [0.1, 0.15) is 18.0 Å². The van der Waals surface area contributed by atoms with E-state index < -0.39 is 17.8 Å². The Morgan fingerprint density at radius 3 is 2.68 bits per heavy atom. The molecule has 0 bridgehead atoms. The van der Waals surface area contributed by atoms with Crippen molar-refractivity contribution in [2.45, 2.75) is 0 Å². The van der Waals surface area contributed by atoms with E-state index in [1.807, 2.05) is 42.5 Å². The number of anilines is 1. The van der Waals surface area contributed by atoms with E-state index in [9.17, 15) is 14.4 Å².